The summed E-state index contributed by atoms with van der Waals surface area (Å²) in [5, 5.41) is 15.5. The molecule has 0 unspecified atom stereocenters. The van der Waals surface area contributed by atoms with Crippen molar-refractivity contribution in [1.82, 2.24) is 19.9 Å². The zero-order valence-electron chi connectivity index (χ0n) is 40.1. The molecule has 12 rings (SSSR count). The van der Waals surface area contributed by atoms with Gasteiger partial charge in [0.15, 0.2) is 5.78 Å². The average molecular weight is 1300 g/mol. The van der Waals surface area contributed by atoms with E-state index in [1.165, 1.54) is 41.5 Å². The number of fused-ring (bicyclic) bond motifs is 4. The van der Waals surface area contributed by atoms with Crippen LogP contribution >= 0.6 is 0 Å². The molecule has 0 bridgehead atoms. The van der Waals surface area contributed by atoms with Crippen molar-refractivity contribution in [1.29, 1.82) is 0 Å². The largest absolute Gasteiger partial charge is 0.512 e. The maximum Gasteiger partial charge on any atom is 0.155 e. The van der Waals surface area contributed by atoms with Crippen molar-refractivity contribution >= 4 is 49.1 Å². The van der Waals surface area contributed by atoms with Gasteiger partial charge in [-0.05, 0) is 72.0 Å². The molecule has 0 fully saturated rings. The summed E-state index contributed by atoms with van der Waals surface area (Å²) in [5.74, 6) is -0.0625. The number of para-hydroxylation sites is 2. The molecule has 0 spiro atoms. The Hall–Kier alpha value is -8.09. The van der Waals surface area contributed by atoms with Crippen LogP contribution in [0.4, 0.5) is 0 Å². The summed E-state index contributed by atoms with van der Waals surface area (Å²) in [6.45, 7) is 2.85. The number of allylic oxidation sites excluding steroid dienone is 2. The Kier molecular flexibility index (Phi) is 20.9. The normalized spacial score (nSPS) is 10.3. The number of hydrogen-bond donors (Lipinski definition) is 1. The maximum atomic E-state index is 10.0. The van der Waals surface area contributed by atoms with Crippen molar-refractivity contribution in [2.75, 3.05) is 0 Å². The van der Waals surface area contributed by atoms with E-state index in [0.717, 1.165) is 66.8 Å². The fourth-order valence-corrected chi connectivity index (χ4v) is 7.49. The van der Waals surface area contributed by atoms with Crippen LogP contribution in [-0.2, 0) is 45.0 Å². The van der Waals surface area contributed by atoms with Crippen LogP contribution in [0.15, 0.2) is 261 Å². The van der Waals surface area contributed by atoms with E-state index < -0.39 is 0 Å². The molecule has 0 atom stereocenters. The molecule has 4 heterocycles. The van der Waals surface area contributed by atoms with Crippen molar-refractivity contribution in [2.45, 2.75) is 13.8 Å². The first kappa shape index (κ1) is 54.2. The van der Waals surface area contributed by atoms with Crippen LogP contribution in [0.25, 0.3) is 88.4 Å². The standard InChI is InChI=1S/2C19H12N.C11H9N.C11H8N.C5H8O2.2Ir/c2*1-2-7-16-13-17(10-9-14(16)5-1)19-12-11-15-6-3-4-8-18(15)20-19;2*1-2-6-10(7-3-1)11-8-4-5-9-12-11;1-4(6)3-5(2)7;;/h2*1-9,11-13H;1-9H;1-6,8-9H;3,6H,1-2H3;;/q2*-1;;-1;;;. The second kappa shape index (κ2) is 28.1. The number of hydrogen-bond acceptors (Lipinski definition) is 6. The molecule has 12 aromatic rings. The van der Waals surface area contributed by atoms with Crippen LogP contribution in [0.2, 0.25) is 0 Å². The van der Waals surface area contributed by atoms with Crippen LogP contribution in [-0.4, -0.2) is 30.8 Å². The number of ketones is 1. The third-order valence-corrected chi connectivity index (χ3v) is 10.9. The zero-order chi connectivity index (χ0) is 49.0. The summed E-state index contributed by atoms with van der Waals surface area (Å²) in [7, 11) is 0. The smallest absolute Gasteiger partial charge is 0.155 e. The summed E-state index contributed by atoms with van der Waals surface area (Å²) in [4.78, 5) is 27.9. The molecule has 2 radical (unpaired) electrons. The second-order valence-corrected chi connectivity index (χ2v) is 16.2. The van der Waals surface area contributed by atoms with Gasteiger partial charge in [-0.15, -0.1) is 94.2 Å². The van der Waals surface area contributed by atoms with E-state index in [4.69, 9.17) is 15.1 Å². The number of pyridine rings is 4. The van der Waals surface area contributed by atoms with Gasteiger partial charge >= 0.3 is 0 Å². The molecule has 0 saturated carbocycles. The third-order valence-electron chi connectivity index (χ3n) is 10.9. The molecule has 8 aromatic carbocycles. The predicted molar refractivity (Wildman–Crippen MR) is 292 cm³/mol. The number of aromatic nitrogens is 4. The van der Waals surface area contributed by atoms with Gasteiger partial charge in [0.25, 0.3) is 0 Å². The molecule has 0 aliphatic rings. The van der Waals surface area contributed by atoms with Crippen molar-refractivity contribution in [3.8, 4) is 45.0 Å². The topological polar surface area (TPSA) is 88.9 Å². The Morgan fingerprint density at radius 3 is 1.29 bits per heavy atom. The molecule has 4 aromatic heterocycles. The Balaban J connectivity index is 0.000000154. The quantitative estimate of drug-likeness (QED) is 0.105. The fourth-order valence-electron chi connectivity index (χ4n) is 7.49. The van der Waals surface area contributed by atoms with Crippen LogP contribution in [0.3, 0.4) is 0 Å². The first-order valence-electron chi connectivity index (χ1n) is 23.1. The Morgan fingerprint density at radius 2 is 0.849 bits per heavy atom. The molecular formula is C65H49Ir2N4O2-3. The molecule has 0 aliphatic heterocycles. The van der Waals surface area contributed by atoms with E-state index in [-0.39, 0.29) is 51.8 Å². The number of benzene rings is 8. The average Bonchev–Trinajstić information content (AvgIpc) is 3.44. The van der Waals surface area contributed by atoms with Crippen LogP contribution in [0, 0.1) is 18.2 Å². The number of aliphatic hydroxyl groups is 1. The summed E-state index contributed by atoms with van der Waals surface area (Å²) in [6, 6.07) is 89.2. The van der Waals surface area contributed by atoms with E-state index in [9.17, 15) is 4.79 Å². The van der Waals surface area contributed by atoms with Gasteiger partial charge in [0.1, 0.15) is 0 Å². The zero-order valence-corrected chi connectivity index (χ0v) is 44.8. The summed E-state index contributed by atoms with van der Waals surface area (Å²) < 4.78 is 0. The molecule has 362 valence electrons. The van der Waals surface area contributed by atoms with Gasteiger partial charge < -0.3 is 10.1 Å². The van der Waals surface area contributed by atoms with E-state index in [0.29, 0.717) is 0 Å². The van der Waals surface area contributed by atoms with Crippen LogP contribution in [0.1, 0.15) is 13.8 Å². The third kappa shape index (κ3) is 16.0. The Labute approximate surface area is 454 Å². The molecule has 0 aliphatic carbocycles. The second-order valence-electron chi connectivity index (χ2n) is 16.2. The minimum absolute atomic E-state index is 0. The number of carbonyl (C=O) groups is 1. The molecule has 8 heteroatoms. The summed E-state index contributed by atoms with van der Waals surface area (Å²) in [5.41, 5.74) is 10.2. The van der Waals surface area contributed by atoms with Crippen LogP contribution in [0.5, 0.6) is 0 Å². The maximum absolute atomic E-state index is 10.0. The summed E-state index contributed by atoms with van der Waals surface area (Å²) >= 11 is 0. The van der Waals surface area contributed by atoms with Crippen LogP contribution < -0.4 is 0 Å². The monoisotopic (exact) mass is 1300 g/mol. The molecule has 0 saturated heterocycles. The number of rotatable bonds is 5. The molecule has 0 amide bonds. The van der Waals surface area contributed by atoms with Gasteiger partial charge in [0, 0.05) is 64.2 Å². The minimum Gasteiger partial charge on any atom is -0.512 e. The molecule has 1 N–H and O–H groups in total. The van der Waals surface area contributed by atoms with E-state index in [1.54, 1.807) is 6.20 Å². The van der Waals surface area contributed by atoms with Crippen molar-refractivity contribution < 1.29 is 50.1 Å². The van der Waals surface area contributed by atoms with Gasteiger partial charge in [-0.1, -0.05) is 168 Å². The van der Waals surface area contributed by atoms with Crippen molar-refractivity contribution in [3.05, 3.63) is 279 Å². The SMILES string of the molecule is CC(=O)C=C(C)O.[Ir].[Ir].[c-]1cc2ccccc2cc1-c1ccc2ccccc2n1.[c-]1cc2ccccc2cc1-c1ccc2ccccc2n1.[c-]1ccccc1-c1ccccn1.c1ccc(-c2ccccn2)cc1. The minimum atomic E-state index is -0.125. The van der Waals surface area contributed by atoms with E-state index >= 15 is 0 Å². The molecular weight excluding hydrogens is 1250 g/mol. The Morgan fingerprint density at radius 1 is 0.411 bits per heavy atom. The predicted octanol–water partition coefficient (Wildman–Crippen LogP) is 16.0. The number of nitrogens with zero attached hydrogens (tertiary/aromatic N) is 4. The van der Waals surface area contributed by atoms with E-state index in [2.05, 4.69) is 125 Å². The van der Waals surface area contributed by atoms with E-state index in [1.807, 2.05) is 146 Å². The molecule has 73 heavy (non-hydrogen) atoms. The first-order valence-corrected chi connectivity index (χ1v) is 23.1. The van der Waals surface area contributed by atoms with Gasteiger partial charge in [-0.3, -0.25) is 19.7 Å². The number of aliphatic hydroxyl groups excluding tert-OH is 1. The fraction of sp³-hybridized carbons (Fsp3) is 0.0308. The van der Waals surface area contributed by atoms with Gasteiger partial charge in [0.2, 0.25) is 0 Å². The van der Waals surface area contributed by atoms with Gasteiger partial charge in [0.05, 0.1) is 22.5 Å². The van der Waals surface area contributed by atoms with Gasteiger partial charge in [-0.25, -0.2) is 0 Å². The Bertz CT molecular complexity index is 3190. The van der Waals surface area contributed by atoms with Crippen molar-refractivity contribution in [3.63, 3.8) is 0 Å². The van der Waals surface area contributed by atoms with Gasteiger partial charge in [-0.2, -0.15) is 0 Å². The first-order chi connectivity index (χ1) is 34.9. The summed E-state index contributed by atoms with van der Waals surface area (Å²) in [6.07, 6.45) is 4.76. The molecule has 6 nitrogen and oxygen atoms in total. The number of carbonyl (C=O) groups excluding carboxylic acids is 1. The van der Waals surface area contributed by atoms with Crippen molar-refractivity contribution in [2.24, 2.45) is 0 Å².